The Morgan fingerprint density at radius 1 is 1.00 bits per heavy atom. The monoisotopic (exact) mass is 341 g/mol. The first kappa shape index (κ1) is 16.1. The molecule has 26 heavy (non-hydrogen) atoms. The molecule has 4 nitrogen and oxygen atoms in total. The van der Waals surface area contributed by atoms with E-state index in [-0.39, 0.29) is 0 Å². The average Bonchev–Trinajstić information content (AvgIpc) is 3.09. The van der Waals surface area contributed by atoms with Gasteiger partial charge in [0.2, 0.25) is 0 Å². The summed E-state index contributed by atoms with van der Waals surface area (Å²) >= 11 is 0. The maximum atomic E-state index is 9.91. The molecule has 0 spiro atoms. The van der Waals surface area contributed by atoms with E-state index >= 15 is 0 Å². The summed E-state index contributed by atoms with van der Waals surface area (Å²) in [5.41, 5.74) is 6.04. The molecule has 0 fully saturated rings. The molecule has 4 rings (SSSR count). The van der Waals surface area contributed by atoms with Crippen LogP contribution in [-0.4, -0.2) is 20.1 Å². The minimum atomic E-state index is 0.341. The van der Waals surface area contributed by atoms with Crippen LogP contribution in [-0.2, 0) is 6.42 Å². The molecule has 0 radical (unpaired) electrons. The van der Waals surface area contributed by atoms with E-state index in [1.54, 1.807) is 6.07 Å². The van der Waals surface area contributed by atoms with E-state index in [0.29, 0.717) is 12.2 Å². The zero-order chi connectivity index (χ0) is 17.9. The fraction of sp³-hybridized carbons (Fsp3) is 0.0909. The summed E-state index contributed by atoms with van der Waals surface area (Å²) in [6.07, 6.45) is 4.82. The van der Waals surface area contributed by atoms with Crippen molar-refractivity contribution in [2.24, 2.45) is 0 Å². The van der Waals surface area contributed by atoms with Crippen LogP contribution >= 0.6 is 0 Å². The molecule has 0 saturated carbocycles. The van der Waals surface area contributed by atoms with Crippen LogP contribution in [0, 0.1) is 6.92 Å². The molecule has 1 heterocycles. The van der Waals surface area contributed by atoms with Gasteiger partial charge in [-0.25, -0.2) is 4.68 Å². The Balaban J connectivity index is 1.52. The Bertz CT molecular complexity index is 1080. The zero-order valence-electron chi connectivity index (χ0n) is 14.5. The second kappa shape index (κ2) is 6.84. The Morgan fingerprint density at radius 3 is 2.65 bits per heavy atom. The van der Waals surface area contributed by atoms with Gasteiger partial charge in [0.15, 0.2) is 0 Å². The Morgan fingerprint density at radius 2 is 1.81 bits per heavy atom. The maximum Gasteiger partial charge on any atom is 0.119 e. The lowest BCUT2D eigenvalue weighted by atomic mass is 10.1. The fourth-order valence-electron chi connectivity index (χ4n) is 2.99. The molecule has 1 N–H and O–H groups in total. The van der Waals surface area contributed by atoms with Crippen LogP contribution in [0.15, 0.2) is 72.8 Å². The molecular weight excluding hydrogens is 322 g/mol. The van der Waals surface area contributed by atoms with Crippen molar-refractivity contribution in [2.45, 2.75) is 13.3 Å². The third-order valence-corrected chi connectivity index (χ3v) is 4.37. The summed E-state index contributed by atoms with van der Waals surface area (Å²) in [6, 6.07) is 21.8. The Hall–Kier alpha value is -3.40. The van der Waals surface area contributed by atoms with E-state index < -0.39 is 0 Å². The van der Waals surface area contributed by atoms with Gasteiger partial charge in [0, 0.05) is 0 Å². The highest BCUT2D eigenvalue weighted by atomic mass is 16.3. The minimum absolute atomic E-state index is 0.341. The van der Waals surface area contributed by atoms with Gasteiger partial charge in [-0.3, -0.25) is 0 Å². The molecule has 3 aromatic carbocycles. The molecule has 1 aromatic heterocycles. The van der Waals surface area contributed by atoms with Crippen molar-refractivity contribution in [3.63, 3.8) is 0 Å². The molecule has 0 aliphatic heterocycles. The zero-order valence-corrected chi connectivity index (χ0v) is 14.5. The summed E-state index contributed by atoms with van der Waals surface area (Å²) in [6.45, 7) is 2.03. The summed E-state index contributed by atoms with van der Waals surface area (Å²) in [4.78, 5) is 0. The van der Waals surface area contributed by atoms with Crippen LogP contribution in [0.5, 0.6) is 5.75 Å². The topological polar surface area (TPSA) is 50.9 Å². The van der Waals surface area contributed by atoms with Crippen LogP contribution in [0.3, 0.4) is 0 Å². The molecule has 0 amide bonds. The predicted molar refractivity (Wildman–Crippen MR) is 104 cm³/mol. The molecule has 128 valence electrons. The highest BCUT2D eigenvalue weighted by molar-refractivity contribution is 5.76. The van der Waals surface area contributed by atoms with E-state index in [2.05, 4.69) is 34.6 Å². The van der Waals surface area contributed by atoms with Crippen molar-refractivity contribution in [3.05, 3.63) is 89.5 Å². The van der Waals surface area contributed by atoms with E-state index in [0.717, 1.165) is 33.4 Å². The molecular formula is C22H19N3O. The second-order valence-electron chi connectivity index (χ2n) is 6.32. The number of fused-ring (bicyclic) bond motifs is 1. The number of phenolic OH excluding ortho intramolecular Hbond substituents is 1. The smallest absolute Gasteiger partial charge is 0.119 e. The van der Waals surface area contributed by atoms with Gasteiger partial charge in [0.25, 0.3) is 0 Å². The van der Waals surface area contributed by atoms with Crippen LogP contribution in [0.25, 0.3) is 22.8 Å². The molecule has 0 unspecified atom stereocenters. The van der Waals surface area contributed by atoms with E-state index in [1.807, 2.05) is 60.1 Å². The summed E-state index contributed by atoms with van der Waals surface area (Å²) in [5, 5.41) is 18.3. The quantitative estimate of drug-likeness (QED) is 0.586. The molecule has 0 atom stereocenters. The molecule has 0 bridgehead atoms. The fourth-order valence-corrected chi connectivity index (χ4v) is 2.99. The largest absolute Gasteiger partial charge is 0.508 e. The van der Waals surface area contributed by atoms with E-state index in [1.165, 1.54) is 0 Å². The first-order chi connectivity index (χ1) is 12.7. The lowest BCUT2D eigenvalue weighted by Gasteiger charge is -2.04. The normalized spacial score (nSPS) is 11.4. The number of rotatable bonds is 4. The third-order valence-electron chi connectivity index (χ3n) is 4.37. The van der Waals surface area contributed by atoms with Crippen LogP contribution in [0.1, 0.15) is 16.7 Å². The van der Waals surface area contributed by atoms with Gasteiger partial charge in [-0.1, -0.05) is 59.3 Å². The molecule has 4 aromatic rings. The van der Waals surface area contributed by atoms with E-state index in [9.17, 15) is 5.11 Å². The number of phenols is 1. The standard InChI is InChI=1S/C22H19N3O/c1-16-9-14-22(26)18(15-16)6-4-5-17-10-12-19(13-11-17)25-21-8-3-2-7-20(21)23-24-25/h2-5,7-15,26H,6H2,1H3/b5-4+. The van der Waals surface area contributed by atoms with Gasteiger partial charge >= 0.3 is 0 Å². The average molecular weight is 341 g/mol. The predicted octanol–water partition coefficient (Wildman–Crippen LogP) is 4.69. The number of allylic oxidation sites excluding steroid dienone is 1. The van der Waals surface area contributed by atoms with Crippen molar-refractivity contribution < 1.29 is 5.11 Å². The van der Waals surface area contributed by atoms with E-state index in [4.69, 9.17) is 0 Å². The Kier molecular flexibility index (Phi) is 4.23. The maximum absolute atomic E-state index is 9.91. The van der Waals surface area contributed by atoms with Crippen LogP contribution in [0.4, 0.5) is 0 Å². The van der Waals surface area contributed by atoms with Crippen molar-refractivity contribution in [3.8, 4) is 11.4 Å². The van der Waals surface area contributed by atoms with Crippen molar-refractivity contribution >= 4 is 17.1 Å². The van der Waals surface area contributed by atoms with Crippen molar-refractivity contribution in [1.29, 1.82) is 0 Å². The number of aromatic nitrogens is 3. The first-order valence-electron chi connectivity index (χ1n) is 8.56. The molecule has 0 aliphatic carbocycles. The summed E-state index contributed by atoms with van der Waals surface area (Å²) in [7, 11) is 0. The second-order valence-corrected chi connectivity index (χ2v) is 6.32. The summed E-state index contributed by atoms with van der Waals surface area (Å²) < 4.78 is 1.84. The Labute approximate surface area is 152 Å². The van der Waals surface area contributed by atoms with Gasteiger partial charge < -0.3 is 5.11 Å². The van der Waals surface area contributed by atoms with Crippen LogP contribution < -0.4 is 0 Å². The number of aromatic hydroxyl groups is 1. The van der Waals surface area contributed by atoms with Gasteiger partial charge in [0.05, 0.1) is 11.2 Å². The number of para-hydroxylation sites is 1. The van der Waals surface area contributed by atoms with Crippen molar-refractivity contribution in [1.82, 2.24) is 15.0 Å². The highest BCUT2D eigenvalue weighted by Gasteiger charge is 2.05. The minimum Gasteiger partial charge on any atom is -0.508 e. The highest BCUT2D eigenvalue weighted by Crippen LogP contribution is 2.20. The molecule has 4 heteroatoms. The number of benzene rings is 3. The van der Waals surface area contributed by atoms with Crippen LogP contribution in [0.2, 0.25) is 0 Å². The number of hydrogen-bond acceptors (Lipinski definition) is 3. The third kappa shape index (κ3) is 3.22. The first-order valence-corrected chi connectivity index (χ1v) is 8.56. The van der Waals surface area contributed by atoms with Gasteiger partial charge in [-0.05, 0) is 54.8 Å². The lowest BCUT2D eigenvalue weighted by Crippen LogP contribution is -1.96. The molecule has 0 aliphatic rings. The van der Waals surface area contributed by atoms with Gasteiger partial charge in [-0.2, -0.15) is 0 Å². The van der Waals surface area contributed by atoms with Gasteiger partial charge in [-0.15, -0.1) is 5.10 Å². The number of hydrogen-bond donors (Lipinski definition) is 1. The van der Waals surface area contributed by atoms with Crippen molar-refractivity contribution in [2.75, 3.05) is 0 Å². The molecule has 0 saturated heterocycles. The number of nitrogens with zero attached hydrogens (tertiary/aromatic N) is 3. The number of aryl methyl sites for hydroxylation is 1. The lowest BCUT2D eigenvalue weighted by molar-refractivity contribution is 0.469. The SMILES string of the molecule is Cc1ccc(O)c(C/C=C/c2ccc(-n3nnc4ccccc43)cc2)c1. The summed E-state index contributed by atoms with van der Waals surface area (Å²) in [5.74, 6) is 0.341. The van der Waals surface area contributed by atoms with Gasteiger partial charge in [0.1, 0.15) is 11.3 Å².